The lowest BCUT2D eigenvalue weighted by atomic mass is 10.2. The highest BCUT2D eigenvalue weighted by molar-refractivity contribution is 8.00. The number of ether oxygens (including phenoxy) is 2. The fraction of sp³-hybridized carbons (Fsp3) is 0.211. The Hall–Kier alpha value is -3.20. The maximum absolute atomic E-state index is 12.5. The minimum atomic E-state index is -0.487. The topological polar surface area (TPSA) is 97.0 Å². The largest absolute Gasteiger partial charge is 0.454 e. The monoisotopic (exact) mass is 401 g/mol. The third-order valence-corrected chi connectivity index (χ3v) is 4.96. The molecule has 0 unspecified atom stereocenters. The van der Waals surface area contributed by atoms with E-state index in [2.05, 4.69) is 10.9 Å². The van der Waals surface area contributed by atoms with Gasteiger partial charge in [-0.15, -0.1) is 11.8 Å². The molecule has 0 saturated heterocycles. The fourth-order valence-corrected chi connectivity index (χ4v) is 3.37. The molecule has 0 aliphatic carbocycles. The molecule has 0 fully saturated rings. The predicted molar refractivity (Wildman–Crippen MR) is 103 cm³/mol. The minimum absolute atomic E-state index is 0.0590. The molecule has 2 aromatic rings. The van der Waals surface area contributed by atoms with E-state index in [-0.39, 0.29) is 18.5 Å². The van der Waals surface area contributed by atoms with E-state index in [4.69, 9.17) is 9.47 Å². The zero-order valence-corrected chi connectivity index (χ0v) is 16.2. The smallest absolute Gasteiger partial charge is 0.270 e. The van der Waals surface area contributed by atoms with Gasteiger partial charge in [-0.05, 0) is 30.3 Å². The van der Waals surface area contributed by atoms with Crippen molar-refractivity contribution in [3.8, 4) is 11.5 Å². The first-order valence-electron chi connectivity index (χ1n) is 8.38. The van der Waals surface area contributed by atoms with Crippen LogP contribution in [0, 0.1) is 0 Å². The van der Waals surface area contributed by atoms with Crippen LogP contribution in [0.3, 0.4) is 0 Å². The number of hydrazine groups is 1. The van der Waals surface area contributed by atoms with Crippen molar-refractivity contribution in [2.24, 2.45) is 0 Å². The zero-order valence-electron chi connectivity index (χ0n) is 15.4. The Kier molecular flexibility index (Phi) is 6.05. The third-order valence-electron chi connectivity index (χ3n) is 3.91. The molecule has 0 saturated carbocycles. The summed E-state index contributed by atoms with van der Waals surface area (Å²) in [7, 11) is 3.35. The van der Waals surface area contributed by atoms with Crippen molar-refractivity contribution < 1.29 is 23.9 Å². The molecule has 3 rings (SSSR count). The van der Waals surface area contributed by atoms with E-state index in [0.717, 1.165) is 0 Å². The van der Waals surface area contributed by atoms with Gasteiger partial charge >= 0.3 is 0 Å². The van der Waals surface area contributed by atoms with Crippen molar-refractivity contribution >= 4 is 29.5 Å². The van der Waals surface area contributed by atoms with Gasteiger partial charge in [0.25, 0.3) is 11.8 Å². The number of benzene rings is 2. The lowest BCUT2D eigenvalue weighted by molar-refractivity contribution is -0.125. The molecule has 2 aromatic carbocycles. The summed E-state index contributed by atoms with van der Waals surface area (Å²) in [5, 5.41) is 0. The molecule has 0 aromatic heterocycles. The second-order valence-corrected chi connectivity index (χ2v) is 7.07. The molecule has 0 bridgehead atoms. The Bertz CT molecular complexity index is 916. The number of nitrogens with one attached hydrogen (secondary N) is 2. The van der Waals surface area contributed by atoms with Crippen LogP contribution in [0.15, 0.2) is 47.4 Å². The van der Waals surface area contributed by atoms with E-state index in [0.29, 0.717) is 27.5 Å². The average Bonchev–Trinajstić information content (AvgIpc) is 3.17. The quantitative estimate of drug-likeness (QED) is 0.584. The lowest BCUT2D eigenvalue weighted by Gasteiger charge is -2.12. The first-order valence-corrected chi connectivity index (χ1v) is 9.36. The van der Waals surface area contributed by atoms with Crippen LogP contribution in [0.2, 0.25) is 0 Å². The number of nitrogens with zero attached hydrogens (tertiary/aromatic N) is 1. The number of amides is 3. The van der Waals surface area contributed by atoms with Gasteiger partial charge < -0.3 is 14.4 Å². The Morgan fingerprint density at radius 2 is 1.71 bits per heavy atom. The Balaban J connectivity index is 1.62. The van der Waals surface area contributed by atoms with Crippen LogP contribution in [0.5, 0.6) is 11.5 Å². The molecule has 146 valence electrons. The fourth-order valence-electron chi connectivity index (χ4n) is 2.34. The van der Waals surface area contributed by atoms with E-state index >= 15 is 0 Å². The number of carbonyl (C=O) groups is 3. The molecule has 2 N–H and O–H groups in total. The highest BCUT2D eigenvalue weighted by Gasteiger charge is 2.18. The Labute approximate surface area is 166 Å². The van der Waals surface area contributed by atoms with Crippen molar-refractivity contribution in [2.75, 3.05) is 26.6 Å². The molecular formula is C19H19N3O5S. The first-order chi connectivity index (χ1) is 13.5. The standard InChI is InChI=1S/C19H19N3O5S/c1-22(2)17(23)10-28-16-6-4-3-5-13(16)19(25)21-20-18(24)12-7-8-14-15(9-12)27-11-26-14/h3-9H,10-11H2,1-2H3,(H,20,24)(H,21,25). The molecule has 1 heterocycles. The molecule has 0 spiro atoms. The van der Waals surface area contributed by atoms with Gasteiger partial charge in [0, 0.05) is 24.6 Å². The minimum Gasteiger partial charge on any atom is -0.454 e. The SMILES string of the molecule is CN(C)C(=O)CSc1ccccc1C(=O)NNC(=O)c1ccc2c(c1)OCO2. The van der Waals surface area contributed by atoms with Gasteiger partial charge in [0.1, 0.15) is 0 Å². The van der Waals surface area contributed by atoms with Crippen molar-refractivity contribution in [3.05, 3.63) is 53.6 Å². The molecule has 3 amide bonds. The van der Waals surface area contributed by atoms with Crippen LogP contribution >= 0.6 is 11.8 Å². The van der Waals surface area contributed by atoms with Crippen LogP contribution in [0.25, 0.3) is 0 Å². The van der Waals surface area contributed by atoms with Gasteiger partial charge in [-0.25, -0.2) is 0 Å². The maximum Gasteiger partial charge on any atom is 0.270 e. The van der Waals surface area contributed by atoms with E-state index in [1.807, 2.05) is 0 Å². The average molecular weight is 401 g/mol. The van der Waals surface area contributed by atoms with Gasteiger partial charge in [-0.1, -0.05) is 12.1 Å². The Morgan fingerprint density at radius 1 is 1.00 bits per heavy atom. The van der Waals surface area contributed by atoms with Crippen molar-refractivity contribution in [1.82, 2.24) is 15.8 Å². The van der Waals surface area contributed by atoms with Crippen LogP contribution in [-0.4, -0.2) is 49.3 Å². The molecule has 8 nitrogen and oxygen atoms in total. The van der Waals surface area contributed by atoms with E-state index in [1.165, 1.54) is 16.7 Å². The van der Waals surface area contributed by atoms with Gasteiger partial charge in [0.15, 0.2) is 11.5 Å². The van der Waals surface area contributed by atoms with Gasteiger partial charge in [-0.2, -0.15) is 0 Å². The van der Waals surface area contributed by atoms with Gasteiger partial charge in [-0.3, -0.25) is 25.2 Å². The van der Waals surface area contributed by atoms with Crippen molar-refractivity contribution in [2.45, 2.75) is 4.90 Å². The number of rotatable bonds is 5. The third kappa shape index (κ3) is 4.55. The predicted octanol–water partition coefficient (Wildman–Crippen LogP) is 1.67. The summed E-state index contributed by atoms with van der Waals surface area (Å²) in [6.07, 6.45) is 0. The second kappa shape index (κ2) is 8.66. The number of fused-ring (bicyclic) bond motifs is 1. The van der Waals surface area contributed by atoms with E-state index < -0.39 is 11.8 Å². The summed E-state index contributed by atoms with van der Waals surface area (Å²) >= 11 is 1.26. The van der Waals surface area contributed by atoms with Crippen LogP contribution in [0.1, 0.15) is 20.7 Å². The van der Waals surface area contributed by atoms with Gasteiger partial charge in [0.05, 0.1) is 11.3 Å². The summed E-state index contributed by atoms with van der Waals surface area (Å²) in [6.45, 7) is 0.113. The summed E-state index contributed by atoms with van der Waals surface area (Å²) in [4.78, 5) is 38.7. The molecule has 0 radical (unpaired) electrons. The molecule has 1 aliphatic rings. The normalized spacial score (nSPS) is 11.6. The van der Waals surface area contributed by atoms with Crippen LogP contribution in [-0.2, 0) is 4.79 Å². The Morgan fingerprint density at radius 3 is 2.50 bits per heavy atom. The summed E-state index contributed by atoms with van der Waals surface area (Å²) < 4.78 is 10.4. The van der Waals surface area contributed by atoms with Crippen molar-refractivity contribution in [3.63, 3.8) is 0 Å². The first kappa shape index (κ1) is 19.6. The molecule has 9 heteroatoms. The molecule has 28 heavy (non-hydrogen) atoms. The van der Waals surface area contributed by atoms with E-state index in [9.17, 15) is 14.4 Å². The number of thioether (sulfide) groups is 1. The molecule has 1 aliphatic heterocycles. The van der Waals surface area contributed by atoms with Crippen LogP contribution in [0.4, 0.5) is 0 Å². The summed E-state index contributed by atoms with van der Waals surface area (Å²) in [5.74, 6) is 0.233. The van der Waals surface area contributed by atoms with E-state index in [1.54, 1.807) is 56.6 Å². The highest BCUT2D eigenvalue weighted by Crippen LogP contribution is 2.32. The van der Waals surface area contributed by atoms with Crippen molar-refractivity contribution in [1.29, 1.82) is 0 Å². The summed E-state index contributed by atoms with van der Waals surface area (Å²) in [6, 6.07) is 11.6. The number of carbonyl (C=O) groups excluding carboxylic acids is 3. The number of hydrogen-bond donors (Lipinski definition) is 2. The van der Waals surface area contributed by atoms with Gasteiger partial charge in [0.2, 0.25) is 12.7 Å². The second-order valence-electron chi connectivity index (χ2n) is 6.05. The number of hydrogen-bond acceptors (Lipinski definition) is 6. The van der Waals surface area contributed by atoms with Crippen LogP contribution < -0.4 is 20.3 Å². The molecular weight excluding hydrogens is 382 g/mol. The lowest BCUT2D eigenvalue weighted by Crippen LogP contribution is -2.41. The summed E-state index contributed by atoms with van der Waals surface area (Å²) in [5.41, 5.74) is 5.46. The highest BCUT2D eigenvalue weighted by atomic mass is 32.2. The zero-order chi connectivity index (χ0) is 20.1. The maximum atomic E-state index is 12.5. The molecule has 0 atom stereocenters.